The molecule has 0 fully saturated rings. The zero-order valence-electron chi connectivity index (χ0n) is 11.0. The van der Waals surface area contributed by atoms with E-state index in [0.29, 0.717) is 30.0 Å². The van der Waals surface area contributed by atoms with Gasteiger partial charge in [0.05, 0.1) is 12.3 Å². The van der Waals surface area contributed by atoms with Gasteiger partial charge < -0.3 is 4.52 Å². The maximum Gasteiger partial charge on any atom is 0.280 e. The van der Waals surface area contributed by atoms with Gasteiger partial charge in [-0.05, 0) is 18.9 Å². The fraction of sp³-hybridized carbons (Fsp3) is 0.286. The molecule has 19 heavy (non-hydrogen) atoms. The Labute approximate surface area is 111 Å². The molecule has 0 bridgehead atoms. The molecule has 0 saturated heterocycles. The SMILES string of the molecule is CCc1noc(C)c1C(=O)NOCc1ccccc1. The molecule has 1 amide bonds. The third kappa shape index (κ3) is 3.20. The summed E-state index contributed by atoms with van der Waals surface area (Å²) in [5.74, 6) is 0.171. The zero-order chi connectivity index (χ0) is 13.7. The number of rotatable bonds is 5. The van der Waals surface area contributed by atoms with Crippen molar-refractivity contribution in [1.29, 1.82) is 0 Å². The molecule has 2 aromatic rings. The van der Waals surface area contributed by atoms with Crippen LogP contribution in [0.4, 0.5) is 0 Å². The predicted molar refractivity (Wildman–Crippen MR) is 69.3 cm³/mol. The molecule has 2 rings (SSSR count). The predicted octanol–water partition coefficient (Wildman–Crippen LogP) is 2.41. The number of carbonyl (C=O) groups is 1. The van der Waals surface area contributed by atoms with Crippen LogP contribution in [0.15, 0.2) is 34.9 Å². The molecule has 0 aliphatic carbocycles. The van der Waals surface area contributed by atoms with E-state index in [1.165, 1.54) is 0 Å². The molecule has 0 spiro atoms. The quantitative estimate of drug-likeness (QED) is 0.838. The fourth-order valence-electron chi connectivity index (χ4n) is 1.76. The van der Waals surface area contributed by atoms with Crippen LogP contribution in [0.1, 0.15) is 34.3 Å². The van der Waals surface area contributed by atoms with Crippen LogP contribution < -0.4 is 5.48 Å². The van der Waals surface area contributed by atoms with Crippen molar-refractivity contribution in [2.24, 2.45) is 0 Å². The summed E-state index contributed by atoms with van der Waals surface area (Å²) in [4.78, 5) is 17.2. The molecule has 0 saturated carbocycles. The standard InChI is InChI=1S/C14H16N2O3/c1-3-12-13(10(2)19-15-12)14(17)16-18-9-11-7-5-4-6-8-11/h4-8H,3,9H2,1-2H3,(H,16,17). The lowest BCUT2D eigenvalue weighted by molar-refractivity contribution is 0.0231. The monoisotopic (exact) mass is 260 g/mol. The molecule has 0 aliphatic heterocycles. The molecule has 100 valence electrons. The van der Waals surface area contributed by atoms with Crippen LogP contribution >= 0.6 is 0 Å². The summed E-state index contributed by atoms with van der Waals surface area (Å²) in [5, 5.41) is 3.83. The maximum atomic E-state index is 12.0. The Hall–Kier alpha value is -2.14. The number of carbonyl (C=O) groups excluding carboxylic acids is 1. The van der Waals surface area contributed by atoms with Gasteiger partial charge in [-0.2, -0.15) is 0 Å². The van der Waals surface area contributed by atoms with E-state index in [9.17, 15) is 4.79 Å². The third-order valence-corrected chi connectivity index (χ3v) is 2.74. The fourth-order valence-corrected chi connectivity index (χ4v) is 1.76. The lowest BCUT2D eigenvalue weighted by atomic mass is 10.1. The second kappa shape index (κ2) is 6.15. The smallest absolute Gasteiger partial charge is 0.280 e. The summed E-state index contributed by atoms with van der Waals surface area (Å²) < 4.78 is 5.01. The van der Waals surface area contributed by atoms with E-state index in [2.05, 4.69) is 10.6 Å². The molecule has 0 atom stereocenters. The second-order valence-electron chi connectivity index (χ2n) is 4.12. The Balaban J connectivity index is 1.93. The van der Waals surface area contributed by atoms with Crippen LogP contribution in [-0.2, 0) is 17.9 Å². The van der Waals surface area contributed by atoms with E-state index < -0.39 is 0 Å². The van der Waals surface area contributed by atoms with Gasteiger partial charge in [-0.1, -0.05) is 42.4 Å². The number of aromatic nitrogens is 1. The zero-order valence-corrected chi connectivity index (χ0v) is 11.0. The van der Waals surface area contributed by atoms with Gasteiger partial charge in [0.2, 0.25) is 0 Å². The molecule has 1 N–H and O–H groups in total. The number of aryl methyl sites for hydroxylation is 2. The van der Waals surface area contributed by atoms with Gasteiger partial charge in [-0.15, -0.1) is 0 Å². The van der Waals surface area contributed by atoms with Crippen LogP contribution in [-0.4, -0.2) is 11.1 Å². The minimum atomic E-state index is -0.327. The normalized spacial score (nSPS) is 10.4. The summed E-state index contributed by atoms with van der Waals surface area (Å²) in [5.41, 5.74) is 4.49. The van der Waals surface area contributed by atoms with Gasteiger partial charge in [0.1, 0.15) is 11.3 Å². The number of hydrogen-bond acceptors (Lipinski definition) is 4. The summed E-state index contributed by atoms with van der Waals surface area (Å²) in [6.45, 7) is 3.94. The van der Waals surface area contributed by atoms with E-state index in [4.69, 9.17) is 9.36 Å². The lowest BCUT2D eigenvalue weighted by Gasteiger charge is -2.05. The van der Waals surface area contributed by atoms with E-state index in [1.54, 1.807) is 6.92 Å². The van der Waals surface area contributed by atoms with Crippen molar-refractivity contribution in [1.82, 2.24) is 10.6 Å². The Morgan fingerprint density at radius 1 is 1.37 bits per heavy atom. The minimum Gasteiger partial charge on any atom is -0.361 e. The van der Waals surface area contributed by atoms with Crippen LogP contribution in [0, 0.1) is 6.92 Å². The first-order valence-electron chi connectivity index (χ1n) is 6.13. The van der Waals surface area contributed by atoms with Gasteiger partial charge in [0, 0.05) is 0 Å². The first-order valence-corrected chi connectivity index (χ1v) is 6.13. The maximum absolute atomic E-state index is 12.0. The number of benzene rings is 1. The number of hydrogen-bond donors (Lipinski definition) is 1. The Bertz CT molecular complexity index is 549. The molecular weight excluding hydrogens is 244 g/mol. The Morgan fingerprint density at radius 2 is 2.11 bits per heavy atom. The molecule has 1 aromatic carbocycles. The molecule has 1 heterocycles. The van der Waals surface area contributed by atoms with Gasteiger partial charge in [-0.25, -0.2) is 5.48 Å². The highest BCUT2D eigenvalue weighted by Gasteiger charge is 2.18. The summed E-state index contributed by atoms with van der Waals surface area (Å²) in [7, 11) is 0. The lowest BCUT2D eigenvalue weighted by Crippen LogP contribution is -2.24. The molecule has 5 nitrogen and oxygen atoms in total. The molecule has 0 unspecified atom stereocenters. The summed E-state index contributed by atoms with van der Waals surface area (Å²) >= 11 is 0. The van der Waals surface area contributed by atoms with Crippen molar-refractivity contribution in [2.75, 3.05) is 0 Å². The Morgan fingerprint density at radius 3 is 2.79 bits per heavy atom. The molecular formula is C14H16N2O3. The van der Waals surface area contributed by atoms with Gasteiger partial charge in [-0.3, -0.25) is 9.63 Å². The molecule has 0 aliphatic rings. The minimum absolute atomic E-state index is 0.318. The van der Waals surface area contributed by atoms with E-state index in [0.717, 1.165) is 5.56 Å². The van der Waals surface area contributed by atoms with Crippen molar-refractivity contribution >= 4 is 5.91 Å². The second-order valence-corrected chi connectivity index (χ2v) is 4.12. The van der Waals surface area contributed by atoms with Crippen LogP contribution in [0.25, 0.3) is 0 Å². The van der Waals surface area contributed by atoms with E-state index >= 15 is 0 Å². The third-order valence-electron chi connectivity index (χ3n) is 2.74. The van der Waals surface area contributed by atoms with Gasteiger partial charge in [0.15, 0.2) is 0 Å². The van der Waals surface area contributed by atoms with Gasteiger partial charge in [0.25, 0.3) is 5.91 Å². The highest BCUT2D eigenvalue weighted by atomic mass is 16.6. The van der Waals surface area contributed by atoms with Crippen molar-refractivity contribution in [3.63, 3.8) is 0 Å². The highest BCUT2D eigenvalue weighted by molar-refractivity contribution is 5.95. The van der Waals surface area contributed by atoms with Crippen LogP contribution in [0.2, 0.25) is 0 Å². The van der Waals surface area contributed by atoms with Crippen molar-refractivity contribution in [2.45, 2.75) is 26.9 Å². The van der Waals surface area contributed by atoms with Crippen molar-refractivity contribution in [3.05, 3.63) is 52.9 Å². The van der Waals surface area contributed by atoms with E-state index in [-0.39, 0.29) is 5.91 Å². The van der Waals surface area contributed by atoms with Crippen molar-refractivity contribution in [3.8, 4) is 0 Å². The highest BCUT2D eigenvalue weighted by Crippen LogP contribution is 2.13. The number of amides is 1. The van der Waals surface area contributed by atoms with Crippen molar-refractivity contribution < 1.29 is 14.2 Å². The summed E-state index contributed by atoms with van der Waals surface area (Å²) in [6, 6.07) is 9.61. The average molecular weight is 260 g/mol. The number of hydroxylamine groups is 1. The topological polar surface area (TPSA) is 64.4 Å². The molecule has 1 aromatic heterocycles. The van der Waals surface area contributed by atoms with Gasteiger partial charge >= 0.3 is 0 Å². The van der Waals surface area contributed by atoms with Crippen LogP contribution in [0.5, 0.6) is 0 Å². The first-order chi connectivity index (χ1) is 9.22. The number of nitrogens with one attached hydrogen (secondary N) is 1. The summed E-state index contributed by atoms with van der Waals surface area (Å²) in [6.07, 6.45) is 0.638. The van der Waals surface area contributed by atoms with E-state index in [1.807, 2.05) is 37.3 Å². The first kappa shape index (κ1) is 13.3. The molecule has 0 radical (unpaired) electrons. The molecule has 5 heteroatoms. The Kier molecular flexibility index (Phi) is 4.30. The largest absolute Gasteiger partial charge is 0.361 e. The average Bonchev–Trinajstić information content (AvgIpc) is 2.81. The number of nitrogens with zero attached hydrogens (tertiary/aromatic N) is 1. The van der Waals surface area contributed by atoms with Crippen LogP contribution in [0.3, 0.4) is 0 Å².